The molecule has 0 saturated carbocycles. The average molecular weight is 352 g/mol. The van der Waals surface area contributed by atoms with E-state index in [1.165, 1.54) is 0 Å². The monoisotopic (exact) mass is 352 g/mol. The molecule has 0 fully saturated rings. The fourth-order valence-corrected chi connectivity index (χ4v) is 1.63. The Labute approximate surface area is 122 Å². The number of guanidine groups is 1. The molecule has 1 aliphatic heterocycles. The number of hydrogen-bond acceptors (Lipinski definition) is 2. The van der Waals surface area contributed by atoms with E-state index in [0.717, 1.165) is 32.6 Å². The van der Waals surface area contributed by atoms with Crippen LogP contribution in [0, 0.1) is 0 Å². The second-order valence-corrected chi connectivity index (χ2v) is 5.20. The van der Waals surface area contributed by atoms with Gasteiger partial charge in [-0.3, -0.25) is 9.89 Å². The molecular weight excluding hydrogens is 327 g/mol. The van der Waals surface area contributed by atoms with E-state index in [9.17, 15) is 0 Å². The molecule has 0 amide bonds. The van der Waals surface area contributed by atoms with Gasteiger partial charge in [-0.25, -0.2) is 0 Å². The predicted molar refractivity (Wildman–Crippen MR) is 85.0 cm³/mol. The third kappa shape index (κ3) is 8.43. The Kier molecular flexibility index (Phi) is 7.78. The van der Waals surface area contributed by atoms with Gasteiger partial charge in [0.15, 0.2) is 5.96 Å². The van der Waals surface area contributed by atoms with Gasteiger partial charge >= 0.3 is 0 Å². The first-order valence-electron chi connectivity index (χ1n) is 5.93. The van der Waals surface area contributed by atoms with Crippen molar-refractivity contribution in [3.63, 3.8) is 0 Å². The van der Waals surface area contributed by atoms with E-state index < -0.39 is 0 Å². The van der Waals surface area contributed by atoms with E-state index in [0.29, 0.717) is 5.96 Å². The quantitative estimate of drug-likeness (QED) is 0.351. The van der Waals surface area contributed by atoms with Crippen molar-refractivity contribution in [3.8, 4) is 0 Å². The Balaban J connectivity index is 0.00000256. The van der Waals surface area contributed by atoms with Crippen LogP contribution in [-0.2, 0) is 0 Å². The van der Waals surface area contributed by atoms with Gasteiger partial charge in [0.2, 0.25) is 0 Å². The second-order valence-electron chi connectivity index (χ2n) is 5.20. The van der Waals surface area contributed by atoms with Crippen molar-refractivity contribution in [2.75, 3.05) is 26.2 Å². The third-order valence-corrected chi connectivity index (χ3v) is 2.34. The van der Waals surface area contributed by atoms with Gasteiger partial charge < -0.3 is 11.1 Å². The summed E-state index contributed by atoms with van der Waals surface area (Å²) in [6.45, 7) is 10.2. The largest absolute Gasteiger partial charge is 0.370 e. The van der Waals surface area contributed by atoms with Gasteiger partial charge in [0, 0.05) is 25.2 Å². The molecule has 0 aliphatic carbocycles. The lowest BCUT2D eigenvalue weighted by Crippen LogP contribution is -2.45. The number of nitrogens with one attached hydrogen (secondary N) is 1. The highest BCUT2D eigenvalue weighted by Crippen LogP contribution is 2.00. The van der Waals surface area contributed by atoms with Crippen molar-refractivity contribution in [3.05, 3.63) is 12.2 Å². The van der Waals surface area contributed by atoms with Crippen molar-refractivity contribution < 1.29 is 0 Å². The maximum absolute atomic E-state index is 5.78. The Hall–Kier alpha value is -0.300. The minimum Gasteiger partial charge on any atom is -0.370 e. The summed E-state index contributed by atoms with van der Waals surface area (Å²) in [5, 5.41) is 3.15. The average Bonchev–Trinajstić information content (AvgIpc) is 2.16. The van der Waals surface area contributed by atoms with Gasteiger partial charge in [0.25, 0.3) is 0 Å². The van der Waals surface area contributed by atoms with Crippen LogP contribution in [-0.4, -0.2) is 42.6 Å². The number of rotatable bonds is 3. The first-order valence-corrected chi connectivity index (χ1v) is 5.93. The van der Waals surface area contributed by atoms with Crippen LogP contribution in [0.5, 0.6) is 0 Å². The molecule has 1 aliphatic rings. The van der Waals surface area contributed by atoms with Crippen molar-refractivity contribution in [2.45, 2.75) is 32.7 Å². The minimum atomic E-state index is -0.0125. The maximum atomic E-state index is 5.78. The van der Waals surface area contributed by atoms with Crippen LogP contribution in [0.15, 0.2) is 17.1 Å². The fraction of sp³-hybridized carbons (Fsp3) is 0.750. The van der Waals surface area contributed by atoms with Gasteiger partial charge in [0.05, 0.1) is 6.54 Å². The predicted octanol–water partition coefficient (Wildman–Crippen LogP) is 1.57. The summed E-state index contributed by atoms with van der Waals surface area (Å²) in [5.74, 6) is 0.542. The topological polar surface area (TPSA) is 53.6 Å². The van der Waals surface area contributed by atoms with Gasteiger partial charge in [-0.2, -0.15) is 0 Å². The van der Waals surface area contributed by atoms with E-state index in [-0.39, 0.29) is 29.5 Å². The molecule has 0 atom stereocenters. The Morgan fingerprint density at radius 3 is 2.65 bits per heavy atom. The Bertz CT molecular complexity index is 268. The van der Waals surface area contributed by atoms with Crippen LogP contribution in [0.4, 0.5) is 0 Å². The molecule has 0 spiro atoms. The smallest absolute Gasteiger partial charge is 0.189 e. The van der Waals surface area contributed by atoms with Crippen LogP contribution in [0.25, 0.3) is 0 Å². The van der Waals surface area contributed by atoms with Gasteiger partial charge in [-0.15, -0.1) is 24.0 Å². The van der Waals surface area contributed by atoms with Crippen LogP contribution >= 0.6 is 24.0 Å². The molecule has 0 radical (unpaired) electrons. The zero-order chi connectivity index (χ0) is 12.0. The minimum absolute atomic E-state index is 0. The lowest BCUT2D eigenvalue weighted by atomic mass is 10.1. The number of nitrogens with zero attached hydrogens (tertiary/aromatic N) is 2. The first-order chi connectivity index (χ1) is 7.47. The summed E-state index contributed by atoms with van der Waals surface area (Å²) >= 11 is 0. The first kappa shape index (κ1) is 16.7. The molecule has 1 heterocycles. The van der Waals surface area contributed by atoms with E-state index in [4.69, 9.17) is 5.73 Å². The van der Waals surface area contributed by atoms with Crippen LogP contribution < -0.4 is 11.1 Å². The summed E-state index contributed by atoms with van der Waals surface area (Å²) in [6.07, 6.45) is 5.60. The Morgan fingerprint density at radius 2 is 2.12 bits per heavy atom. The maximum Gasteiger partial charge on any atom is 0.189 e. The van der Waals surface area contributed by atoms with Crippen molar-refractivity contribution in [1.82, 2.24) is 10.2 Å². The molecule has 0 aromatic heterocycles. The highest BCUT2D eigenvalue weighted by Gasteiger charge is 2.10. The zero-order valence-corrected chi connectivity index (χ0v) is 13.4. The number of hydrogen-bond donors (Lipinski definition) is 2. The molecule has 0 aromatic rings. The number of aliphatic imine (C=N–C) groups is 1. The summed E-state index contributed by atoms with van der Waals surface area (Å²) in [6, 6.07) is 0. The van der Waals surface area contributed by atoms with E-state index in [1.807, 2.05) is 0 Å². The molecule has 5 heteroatoms. The van der Waals surface area contributed by atoms with E-state index in [2.05, 4.69) is 48.1 Å². The molecule has 0 unspecified atom stereocenters. The van der Waals surface area contributed by atoms with Crippen molar-refractivity contribution in [1.29, 1.82) is 0 Å². The fourth-order valence-electron chi connectivity index (χ4n) is 1.63. The SMILES string of the molecule is CC(C)(C)NC(N)=NCCN1CC=CCC1.I. The lowest BCUT2D eigenvalue weighted by molar-refractivity contribution is 0.307. The van der Waals surface area contributed by atoms with Crippen LogP contribution in [0.1, 0.15) is 27.2 Å². The molecule has 0 aromatic carbocycles. The third-order valence-electron chi connectivity index (χ3n) is 2.34. The molecule has 3 N–H and O–H groups in total. The molecular formula is C12H25IN4. The second kappa shape index (κ2) is 7.92. The molecule has 1 rings (SSSR count). The van der Waals surface area contributed by atoms with Crippen LogP contribution in [0.3, 0.4) is 0 Å². The van der Waals surface area contributed by atoms with Gasteiger partial charge in [-0.1, -0.05) is 12.2 Å². The normalized spacial score (nSPS) is 17.7. The molecule has 100 valence electrons. The lowest BCUT2D eigenvalue weighted by Gasteiger charge is -2.23. The highest BCUT2D eigenvalue weighted by molar-refractivity contribution is 14.0. The highest BCUT2D eigenvalue weighted by atomic mass is 127. The van der Waals surface area contributed by atoms with E-state index in [1.54, 1.807) is 0 Å². The summed E-state index contributed by atoms with van der Waals surface area (Å²) in [4.78, 5) is 6.70. The van der Waals surface area contributed by atoms with Crippen LogP contribution in [0.2, 0.25) is 0 Å². The number of halogens is 1. The van der Waals surface area contributed by atoms with Gasteiger partial charge in [-0.05, 0) is 27.2 Å². The number of nitrogens with two attached hydrogens (primary N) is 1. The Morgan fingerprint density at radius 1 is 1.41 bits per heavy atom. The standard InChI is InChI=1S/C12H24N4.HI/c1-12(2,3)15-11(13)14-7-10-16-8-5-4-6-9-16;/h4-5H,6-10H2,1-3H3,(H3,13,14,15);1H. The summed E-state index contributed by atoms with van der Waals surface area (Å²) in [7, 11) is 0. The van der Waals surface area contributed by atoms with Crippen molar-refractivity contribution >= 4 is 29.9 Å². The van der Waals surface area contributed by atoms with Crippen molar-refractivity contribution in [2.24, 2.45) is 10.7 Å². The molecule has 0 saturated heterocycles. The van der Waals surface area contributed by atoms with E-state index >= 15 is 0 Å². The summed E-state index contributed by atoms with van der Waals surface area (Å²) in [5.41, 5.74) is 5.77. The molecule has 4 nitrogen and oxygen atoms in total. The molecule has 0 bridgehead atoms. The van der Waals surface area contributed by atoms with Gasteiger partial charge in [0.1, 0.15) is 0 Å². The summed E-state index contributed by atoms with van der Waals surface area (Å²) < 4.78 is 0. The molecule has 17 heavy (non-hydrogen) atoms. The zero-order valence-electron chi connectivity index (χ0n) is 11.1.